The first kappa shape index (κ1) is 20.0. The van der Waals surface area contributed by atoms with E-state index in [0.717, 1.165) is 12.0 Å². The summed E-state index contributed by atoms with van der Waals surface area (Å²) in [5, 5.41) is 12.8. The zero-order valence-electron chi connectivity index (χ0n) is 16.6. The van der Waals surface area contributed by atoms with Gasteiger partial charge in [-0.15, -0.1) is 0 Å². The van der Waals surface area contributed by atoms with E-state index >= 15 is 0 Å². The molecule has 3 rings (SSSR count). The molecule has 2 aromatic carbocycles. The summed E-state index contributed by atoms with van der Waals surface area (Å²) in [6.07, 6.45) is 2.68. The number of hydrogen-bond donors (Lipinski definition) is 1. The number of benzene rings is 2. The molecule has 0 unspecified atom stereocenters. The number of nitriles is 1. The molecular formula is C23H24ClN3O. The maximum Gasteiger partial charge on any atom is 0.266 e. The lowest BCUT2D eigenvalue weighted by molar-refractivity contribution is -0.112. The molecule has 0 aromatic heterocycles. The molecule has 5 heteroatoms. The summed E-state index contributed by atoms with van der Waals surface area (Å²) in [6.45, 7) is 6.71. The minimum absolute atomic E-state index is 0.0621. The maximum absolute atomic E-state index is 12.5. The summed E-state index contributed by atoms with van der Waals surface area (Å²) in [7, 11) is 2.11. The van der Waals surface area contributed by atoms with Crippen LogP contribution in [0.3, 0.4) is 0 Å². The smallest absolute Gasteiger partial charge is 0.266 e. The molecule has 2 aromatic rings. The molecule has 1 amide bonds. The second-order valence-corrected chi connectivity index (χ2v) is 8.36. The fourth-order valence-corrected chi connectivity index (χ4v) is 3.86. The van der Waals surface area contributed by atoms with Crippen molar-refractivity contribution in [2.75, 3.05) is 17.3 Å². The van der Waals surface area contributed by atoms with Crippen LogP contribution >= 0.6 is 11.6 Å². The zero-order chi connectivity index (χ0) is 20.5. The predicted molar refractivity (Wildman–Crippen MR) is 116 cm³/mol. The van der Waals surface area contributed by atoms with Gasteiger partial charge in [-0.3, -0.25) is 4.79 Å². The number of nitrogens with one attached hydrogen (secondary N) is 1. The zero-order valence-corrected chi connectivity index (χ0v) is 17.3. The first-order valence-electron chi connectivity index (χ1n) is 9.28. The van der Waals surface area contributed by atoms with Crippen molar-refractivity contribution in [1.29, 1.82) is 5.26 Å². The largest absolute Gasteiger partial charge is 0.369 e. The Morgan fingerprint density at radius 2 is 1.96 bits per heavy atom. The highest BCUT2D eigenvalue weighted by Gasteiger charge is 2.33. The van der Waals surface area contributed by atoms with Gasteiger partial charge in [-0.25, -0.2) is 0 Å². The molecule has 1 atom stereocenters. The van der Waals surface area contributed by atoms with Crippen molar-refractivity contribution >= 4 is 35.0 Å². The summed E-state index contributed by atoms with van der Waals surface area (Å²) < 4.78 is 0. The van der Waals surface area contributed by atoms with Crippen LogP contribution in [0.2, 0.25) is 5.02 Å². The number of amides is 1. The fraction of sp³-hybridized carbons (Fsp3) is 0.304. The summed E-state index contributed by atoms with van der Waals surface area (Å²) >= 11 is 5.86. The standard InChI is InChI=1S/C23H24ClN3O/c1-15-13-23(2,3)27(4)21-10-5-16(12-20(15)21)11-17(14-25)22(28)26-19-8-6-18(24)7-9-19/h5-12,15H,13H2,1-4H3,(H,26,28)/b17-11-/t15-/m0/s1. The van der Waals surface area contributed by atoms with Crippen LogP contribution in [0.5, 0.6) is 0 Å². The van der Waals surface area contributed by atoms with E-state index in [1.807, 2.05) is 12.1 Å². The van der Waals surface area contributed by atoms with Gasteiger partial charge in [0.15, 0.2) is 0 Å². The molecule has 1 N–H and O–H groups in total. The van der Waals surface area contributed by atoms with Crippen LogP contribution in [0.15, 0.2) is 48.0 Å². The average molecular weight is 394 g/mol. The number of halogens is 1. The Bertz CT molecular complexity index is 970. The first-order chi connectivity index (χ1) is 13.2. The van der Waals surface area contributed by atoms with Crippen LogP contribution in [-0.4, -0.2) is 18.5 Å². The van der Waals surface area contributed by atoms with Crippen LogP contribution in [0, 0.1) is 11.3 Å². The normalized spacial score (nSPS) is 18.2. The van der Waals surface area contributed by atoms with E-state index in [4.69, 9.17) is 11.6 Å². The molecule has 0 saturated heterocycles. The number of carbonyl (C=O) groups is 1. The highest BCUT2D eigenvalue weighted by Crippen LogP contribution is 2.42. The summed E-state index contributed by atoms with van der Waals surface area (Å²) in [4.78, 5) is 14.8. The Morgan fingerprint density at radius 1 is 1.29 bits per heavy atom. The van der Waals surface area contributed by atoms with Crippen LogP contribution in [0.1, 0.15) is 44.2 Å². The summed E-state index contributed by atoms with van der Waals surface area (Å²) in [5.74, 6) is -0.0307. The average Bonchev–Trinajstić information content (AvgIpc) is 2.65. The van der Waals surface area contributed by atoms with E-state index in [2.05, 4.69) is 50.2 Å². The van der Waals surface area contributed by atoms with Gasteiger partial charge in [0.1, 0.15) is 11.6 Å². The van der Waals surface area contributed by atoms with Gasteiger partial charge in [-0.2, -0.15) is 5.26 Å². The second kappa shape index (κ2) is 7.69. The van der Waals surface area contributed by atoms with Crippen molar-refractivity contribution in [3.8, 4) is 6.07 Å². The number of hydrogen-bond acceptors (Lipinski definition) is 3. The van der Waals surface area contributed by atoms with Crippen molar-refractivity contribution in [2.24, 2.45) is 0 Å². The van der Waals surface area contributed by atoms with Gasteiger partial charge in [-0.05, 0) is 79.8 Å². The Kier molecular flexibility index (Phi) is 5.49. The molecule has 0 saturated carbocycles. The van der Waals surface area contributed by atoms with Gasteiger partial charge in [0.2, 0.25) is 0 Å². The van der Waals surface area contributed by atoms with E-state index in [-0.39, 0.29) is 11.1 Å². The first-order valence-corrected chi connectivity index (χ1v) is 9.65. The summed E-state index contributed by atoms with van der Waals surface area (Å²) in [6, 6.07) is 14.9. The highest BCUT2D eigenvalue weighted by molar-refractivity contribution is 6.30. The number of carbonyl (C=O) groups excluding carboxylic acids is 1. The lowest BCUT2D eigenvalue weighted by atomic mass is 9.80. The van der Waals surface area contributed by atoms with Gasteiger partial charge in [0, 0.05) is 29.0 Å². The van der Waals surface area contributed by atoms with E-state index in [1.54, 1.807) is 30.3 Å². The fourth-order valence-electron chi connectivity index (χ4n) is 3.73. The SMILES string of the molecule is C[C@H]1CC(C)(C)N(C)c2ccc(/C=C(/C#N)C(=O)Nc3ccc(Cl)cc3)cc21. The van der Waals surface area contributed by atoms with Gasteiger partial charge >= 0.3 is 0 Å². The summed E-state index contributed by atoms with van der Waals surface area (Å²) in [5.41, 5.74) is 4.04. The van der Waals surface area contributed by atoms with Crippen molar-refractivity contribution in [2.45, 2.75) is 38.6 Å². The third kappa shape index (κ3) is 4.05. The molecule has 1 aliphatic heterocycles. The van der Waals surface area contributed by atoms with E-state index < -0.39 is 5.91 Å². The Hall–Kier alpha value is -2.77. The topological polar surface area (TPSA) is 56.1 Å². The minimum atomic E-state index is -0.436. The van der Waals surface area contributed by atoms with Crippen LogP contribution < -0.4 is 10.2 Å². The van der Waals surface area contributed by atoms with Crippen molar-refractivity contribution in [3.63, 3.8) is 0 Å². The molecule has 1 aliphatic rings. The molecule has 0 aliphatic carbocycles. The number of nitrogens with zero attached hydrogens (tertiary/aromatic N) is 2. The van der Waals surface area contributed by atoms with E-state index in [9.17, 15) is 10.1 Å². The Morgan fingerprint density at radius 3 is 2.61 bits per heavy atom. The quantitative estimate of drug-likeness (QED) is 0.544. The maximum atomic E-state index is 12.5. The van der Waals surface area contributed by atoms with Crippen LogP contribution in [0.25, 0.3) is 6.08 Å². The molecule has 4 nitrogen and oxygen atoms in total. The van der Waals surface area contributed by atoms with Gasteiger partial charge < -0.3 is 10.2 Å². The van der Waals surface area contributed by atoms with Gasteiger partial charge in [0.05, 0.1) is 0 Å². The lowest BCUT2D eigenvalue weighted by Gasteiger charge is -2.45. The number of fused-ring (bicyclic) bond motifs is 1. The minimum Gasteiger partial charge on any atom is -0.369 e. The number of anilines is 2. The monoisotopic (exact) mass is 393 g/mol. The van der Waals surface area contributed by atoms with E-state index in [1.165, 1.54) is 11.3 Å². The second-order valence-electron chi connectivity index (χ2n) is 7.93. The third-order valence-electron chi connectivity index (χ3n) is 5.44. The van der Waals surface area contributed by atoms with Crippen molar-refractivity contribution in [3.05, 3.63) is 64.2 Å². The molecule has 0 fully saturated rings. The molecule has 1 heterocycles. The molecule has 0 bridgehead atoms. The molecular weight excluding hydrogens is 370 g/mol. The highest BCUT2D eigenvalue weighted by atomic mass is 35.5. The van der Waals surface area contributed by atoms with E-state index in [0.29, 0.717) is 16.6 Å². The predicted octanol–water partition coefficient (Wildman–Crippen LogP) is 5.61. The molecule has 0 radical (unpaired) electrons. The van der Waals surface area contributed by atoms with Gasteiger partial charge in [-0.1, -0.05) is 24.6 Å². The Labute approximate surface area is 171 Å². The van der Waals surface area contributed by atoms with Crippen LogP contribution in [-0.2, 0) is 4.79 Å². The lowest BCUT2D eigenvalue weighted by Crippen LogP contribution is -2.45. The molecule has 144 valence electrons. The van der Waals surface area contributed by atoms with Gasteiger partial charge in [0.25, 0.3) is 5.91 Å². The van der Waals surface area contributed by atoms with Crippen molar-refractivity contribution in [1.82, 2.24) is 0 Å². The third-order valence-corrected chi connectivity index (χ3v) is 5.69. The molecule has 28 heavy (non-hydrogen) atoms. The molecule has 0 spiro atoms. The van der Waals surface area contributed by atoms with Crippen LogP contribution in [0.4, 0.5) is 11.4 Å². The van der Waals surface area contributed by atoms with Crippen molar-refractivity contribution < 1.29 is 4.79 Å². The Balaban J connectivity index is 1.87. The number of rotatable bonds is 3.